The zero-order valence-corrected chi connectivity index (χ0v) is 35.4. The zero-order valence-electron chi connectivity index (χ0n) is 35.4. The molecule has 15 nitrogen and oxygen atoms in total. The molecule has 3 fully saturated rings. The highest BCUT2D eigenvalue weighted by molar-refractivity contribution is 5.99. The number of hydrogen-bond donors (Lipinski definition) is 5. The number of hydrogen-bond acceptors (Lipinski definition) is 9. The van der Waals surface area contributed by atoms with Crippen molar-refractivity contribution in [2.75, 3.05) is 35.4 Å². The molecule has 4 atom stereocenters. The van der Waals surface area contributed by atoms with Gasteiger partial charge in [0.2, 0.25) is 30.0 Å². The van der Waals surface area contributed by atoms with Crippen molar-refractivity contribution in [3.8, 4) is 0 Å². The third kappa shape index (κ3) is 11.0. The van der Waals surface area contributed by atoms with E-state index in [0.717, 1.165) is 23.2 Å². The molecule has 3 saturated heterocycles. The number of carbonyl (C=O) groups excluding carboxylic acids is 4. The summed E-state index contributed by atoms with van der Waals surface area (Å²) >= 11 is 0. The van der Waals surface area contributed by atoms with Crippen LogP contribution in [0.2, 0.25) is 0 Å². The number of likely N-dealkylation sites (tertiary alicyclic amines) is 2. The van der Waals surface area contributed by atoms with Crippen LogP contribution < -0.4 is 26.2 Å². The summed E-state index contributed by atoms with van der Waals surface area (Å²) in [5.41, 5.74) is 3.19. The van der Waals surface area contributed by atoms with E-state index in [2.05, 4.69) is 38.3 Å². The monoisotopic (exact) mass is 825 g/mol. The van der Waals surface area contributed by atoms with Gasteiger partial charge in [-0.05, 0) is 84.0 Å². The molecule has 3 aliphatic heterocycles. The van der Waals surface area contributed by atoms with E-state index in [-0.39, 0.29) is 24.5 Å². The molecular formula is C45H59N7O8. The minimum absolute atomic E-state index is 0.151. The predicted molar refractivity (Wildman–Crippen MR) is 228 cm³/mol. The molecule has 322 valence electrons. The maximum atomic E-state index is 13.8. The normalized spacial score (nSPS) is 19.2. The molecule has 3 aliphatic rings. The summed E-state index contributed by atoms with van der Waals surface area (Å²) in [6.07, 6.45) is 0.519. The Labute approximate surface area is 352 Å². The molecule has 5 N–H and O–H groups in total. The first kappa shape index (κ1) is 44.1. The van der Waals surface area contributed by atoms with E-state index >= 15 is 0 Å². The van der Waals surface area contributed by atoms with E-state index in [1.54, 1.807) is 25.7 Å². The van der Waals surface area contributed by atoms with E-state index < -0.39 is 53.4 Å². The topological polar surface area (TPSA) is 182 Å². The number of benzene rings is 3. The van der Waals surface area contributed by atoms with E-state index in [4.69, 9.17) is 9.47 Å². The Hall–Kier alpha value is -5.51. The molecule has 60 heavy (non-hydrogen) atoms. The fraction of sp³-hybridized carbons (Fsp3) is 0.489. The predicted octanol–water partition coefficient (Wildman–Crippen LogP) is 5.73. The lowest BCUT2D eigenvalue weighted by atomic mass is 9.85. The van der Waals surface area contributed by atoms with Gasteiger partial charge in [-0.15, -0.1) is 0 Å². The van der Waals surface area contributed by atoms with Gasteiger partial charge in [0.05, 0.1) is 6.04 Å². The summed E-state index contributed by atoms with van der Waals surface area (Å²) in [4.78, 5) is 71.2. The van der Waals surface area contributed by atoms with Crippen molar-refractivity contribution in [3.63, 3.8) is 0 Å². The molecule has 0 aliphatic carbocycles. The van der Waals surface area contributed by atoms with Crippen LogP contribution in [0.15, 0.2) is 78.9 Å². The molecule has 5 amide bonds. The average Bonchev–Trinajstić information content (AvgIpc) is 3.88. The van der Waals surface area contributed by atoms with Gasteiger partial charge in [-0.2, -0.15) is 0 Å². The Morgan fingerprint density at radius 1 is 0.683 bits per heavy atom. The van der Waals surface area contributed by atoms with Gasteiger partial charge in [-0.1, -0.05) is 84.0 Å². The smallest absolute Gasteiger partial charge is 0.405 e. The number of rotatable bonds is 14. The Kier molecular flexibility index (Phi) is 13.8. The van der Waals surface area contributed by atoms with Gasteiger partial charge in [0.25, 0.3) is 0 Å². The van der Waals surface area contributed by atoms with Crippen molar-refractivity contribution in [1.29, 1.82) is 0 Å². The summed E-state index contributed by atoms with van der Waals surface area (Å²) < 4.78 is 10.7. The third-order valence-electron chi connectivity index (χ3n) is 11.2. The van der Waals surface area contributed by atoms with Crippen molar-refractivity contribution < 1.29 is 38.6 Å². The summed E-state index contributed by atoms with van der Waals surface area (Å²) in [5.74, 6) is -1.09. The Balaban J connectivity index is 1.07. The average molecular weight is 826 g/mol. The number of amides is 5. The van der Waals surface area contributed by atoms with Crippen LogP contribution in [0.1, 0.15) is 78.4 Å². The zero-order chi connectivity index (χ0) is 43.2. The van der Waals surface area contributed by atoms with Gasteiger partial charge in [0.15, 0.2) is 6.79 Å². The van der Waals surface area contributed by atoms with Crippen LogP contribution in [-0.2, 0) is 41.7 Å². The highest BCUT2D eigenvalue weighted by Gasteiger charge is 2.44. The molecule has 3 heterocycles. The molecule has 0 bridgehead atoms. The molecule has 3 aromatic carbocycles. The molecule has 6 rings (SSSR count). The quantitative estimate of drug-likeness (QED) is 0.135. The van der Waals surface area contributed by atoms with Gasteiger partial charge in [-0.25, -0.2) is 4.79 Å². The van der Waals surface area contributed by atoms with Crippen molar-refractivity contribution in [1.82, 2.24) is 20.4 Å². The molecule has 0 saturated carbocycles. The van der Waals surface area contributed by atoms with Crippen molar-refractivity contribution in [2.24, 2.45) is 10.8 Å². The molecule has 0 spiro atoms. The number of para-hydroxylation sites is 1. The molecule has 0 unspecified atom stereocenters. The van der Waals surface area contributed by atoms with Crippen LogP contribution in [0.5, 0.6) is 0 Å². The first-order valence-electron chi connectivity index (χ1n) is 20.7. The first-order valence-corrected chi connectivity index (χ1v) is 20.7. The summed E-state index contributed by atoms with van der Waals surface area (Å²) in [6, 6.07) is 22.5. The lowest BCUT2D eigenvalue weighted by Gasteiger charge is -2.39. The minimum atomic E-state index is -1.29. The van der Waals surface area contributed by atoms with Crippen LogP contribution in [0.25, 0.3) is 0 Å². The molecule has 15 heteroatoms. The number of anilines is 3. The number of carbonyl (C=O) groups is 5. The Morgan fingerprint density at radius 2 is 1.13 bits per heavy atom. The second-order valence-corrected chi connectivity index (χ2v) is 17.9. The Bertz CT molecular complexity index is 1980. The summed E-state index contributed by atoms with van der Waals surface area (Å²) in [6.45, 7) is 13.5. The molecule has 0 aromatic heterocycles. The van der Waals surface area contributed by atoms with Crippen molar-refractivity contribution in [2.45, 2.75) is 111 Å². The number of nitrogens with one attached hydrogen (secondary N) is 4. The van der Waals surface area contributed by atoms with E-state index in [1.165, 1.54) is 4.90 Å². The molecular weight excluding hydrogens is 767 g/mol. The van der Waals surface area contributed by atoms with Crippen LogP contribution in [0.3, 0.4) is 0 Å². The van der Waals surface area contributed by atoms with Gasteiger partial charge in [0.1, 0.15) is 18.1 Å². The van der Waals surface area contributed by atoms with Gasteiger partial charge >= 0.3 is 6.09 Å². The van der Waals surface area contributed by atoms with Gasteiger partial charge < -0.3 is 45.2 Å². The Morgan fingerprint density at radius 3 is 1.53 bits per heavy atom. The highest BCUT2D eigenvalue weighted by atomic mass is 16.9. The second-order valence-electron chi connectivity index (χ2n) is 17.9. The van der Waals surface area contributed by atoms with E-state index in [9.17, 15) is 29.1 Å². The van der Waals surface area contributed by atoms with Crippen molar-refractivity contribution in [3.05, 3.63) is 90.0 Å². The van der Waals surface area contributed by atoms with Crippen LogP contribution >= 0.6 is 0 Å². The molecule has 0 radical (unpaired) electrons. The molecule has 3 aromatic rings. The van der Waals surface area contributed by atoms with Gasteiger partial charge in [-0.3, -0.25) is 24.5 Å². The van der Waals surface area contributed by atoms with Crippen LogP contribution in [0.4, 0.5) is 21.9 Å². The third-order valence-corrected chi connectivity index (χ3v) is 11.2. The lowest BCUT2D eigenvalue weighted by Crippen LogP contribution is -2.60. The van der Waals surface area contributed by atoms with Crippen molar-refractivity contribution >= 4 is 46.8 Å². The fourth-order valence-electron chi connectivity index (χ4n) is 7.93. The summed E-state index contributed by atoms with van der Waals surface area (Å²) in [5, 5.41) is 20.9. The minimum Gasteiger partial charge on any atom is -0.465 e. The van der Waals surface area contributed by atoms with Crippen LogP contribution in [-0.4, -0.2) is 95.1 Å². The highest BCUT2D eigenvalue weighted by Crippen LogP contribution is 2.29. The van der Waals surface area contributed by atoms with Crippen LogP contribution in [0, 0.1) is 10.8 Å². The maximum Gasteiger partial charge on any atom is 0.405 e. The lowest BCUT2D eigenvalue weighted by molar-refractivity contribution is -0.336. The SMILES string of the molecule is CC(C)(C)[C@H](NC(=O)O)C(=O)N1CCC[C@H]1C(=O)Nc1ccc(CN(Cc2ccc(NC(=O)[C@@H]3CCCN3C(=O)[C@@H](NC3OCO3)C(C)(C)C)cc2)c2ccccc2)cc1. The van der Waals surface area contributed by atoms with E-state index in [0.29, 0.717) is 56.8 Å². The second kappa shape index (κ2) is 18.8. The first-order chi connectivity index (χ1) is 28.5. The van der Waals surface area contributed by atoms with E-state index in [1.807, 2.05) is 87.5 Å². The standard InChI is InChI=1S/C45H59N7O8/c1-44(2,3)36(48-42(57)58)40(55)51-24-10-14-34(51)38(53)46-31-20-16-29(17-21-31)26-50(33-12-8-7-9-13-33)27-30-18-22-32(23-19-30)47-39(54)35-15-11-25-52(35)41(56)37(45(4,5)6)49-43-59-28-60-43/h7-9,12-13,16-23,34-37,43,48-49H,10-11,14-15,24-28H2,1-6H3,(H,46,53)(H,47,54)(H,57,58)/t34-,35-,36+,37+/m0/s1. The van der Waals surface area contributed by atoms with Gasteiger partial charge in [0, 0.05) is 43.2 Å². The number of carboxylic acid groups (broad SMARTS) is 1. The summed E-state index contributed by atoms with van der Waals surface area (Å²) in [7, 11) is 0. The maximum absolute atomic E-state index is 13.8. The fourth-order valence-corrected chi connectivity index (χ4v) is 7.93. The number of ether oxygens (including phenoxy) is 2. The largest absolute Gasteiger partial charge is 0.465 e. The number of nitrogens with zero attached hydrogens (tertiary/aromatic N) is 3.